The molecule has 2 atom stereocenters. The molecule has 2 aromatic rings. The van der Waals surface area contributed by atoms with E-state index < -0.39 is 45.2 Å². The summed E-state index contributed by atoms with van der Waals surface area (Å²) in [6.45, 7) is 1.65. The first-order valence-electron chi connectivity index (χ1n) is 8.40. The molecule has 2 aliphatic rings. The second-order valence-corrected chi connectivity index (χ2v) is 9.15. The zero-order chi connectivity index (χ0) is 19.5. The summed E-state index contributed by atoms with van der Waals surface area (Å²) < 4.78 is 66.4. The lowest BCUT2D eigenvalue weighted by atomic mass is 9.85. The highest BCUT2D eigenvalue weighted by molar-refractivity contribution is 7.91. The Morgan fingerprint density at radius 2 is 1.96 bits per heavy atom. The number of hydrogen-bond donors (Lipinski definition) is 1. The predicted molar refractivity (Wildman–Crippen MR) is 90.7 cm³/mol. The highest BCUT2D eigenvalue weighted by Gasteiger charge is 2.38. The van der Waals surface area contributed by atoms with Crippen LogP contribution in [0.25, 0.3) is 0 Å². The van der Waals surface area contributed by atoms with Gasteiger partial charge in [0.25, 0.3) is 0 Å². The van der Waals surface area contributed by atoms with Gasteiger partial charge in [-0.3, -0.25) is 4.79 Å². The number of aryl methyl sites for hydroxylation is 1. The van der Waals surface area contributed by atoms with Gasteiger partial charge in [0.15, 0.2) is 27.3 Å². The number of hydrogen-bond acceptors (Lipinski definition) is 4. The van der Waals surface area contributed by atoms with Crippen molar-refractivity contribution in [2.75, 3.05) is 16.8 Å². The second-order valence-electron chi connectivity index (χ2n) is 6.92. The van der Waals surface area contributed by atoms with Gasteiger partial charge in [-0.2, -0.15) is 5.10 Å². The minimum Gasteiger partial charge on any atom is -0.311 e. The molecule has 0 aliphatic carbocycles. The van der Waals surface area contributed by atoms with Gasteiger partial charge >= 0.3 is 0 Å². The molecule has 0 radical (unpaired) electrons. The topological polar surface area (TPSA) is 81.1 Å². The third-order valence-corrected chi connectivity index (χ3v) is 6.87. The number of carbonyl (C=O) groups is 1. The molecule has 144 valence electrons. The Balaban J connectivity index is 1.84. The molecular formula is C17H16F3N3O3S. The average molecular weight is 399 g/mol. The van der Waals surface area contributed by atoms with E-state index in [1.165, 1.54) is 4.68 Å². The highest BCUT2D eigenvalue weighted by Crippen LogP contribution is 2.42. The number of halogens is 3. The Bertz CT molecular complexity index is 1070. The van der Waals surface area contributed by atoms with E-state index in [0.717, 1.165) is 12.1 Å². The molecule has 0 saturated carbocycles. The molecule has 1 saturated heterocycles. The van der Waals surface area contributed by atoms with Gasteiger partial charge in [0.1, 0.15) is 5.82 Å². The van der Waals surface area contributed by atoms with Gasteiger partial charge in [0, 0.05) is 17.9 Å². The third kappa shape index (κ3) is 2.91. The van der Waals surface area contributed by atoms with Gasteiger partial charge < -0.3 is 5.32 Å². The first kappa shape index (κ1) is 18.0. The summed E-state index contributed by atoms with van der Waals surface area (Å²) >= 11 is 0. The maximum Gasteiger partial charge on any atom is 0.226 e. The van der Waals surface area contributed by atoms with Gasteiger partial charge in [-0.15, -0.1) is 0 Å². The van der Waals surface area contributed by atoms with Gasteiger partial charge in [0.2, 0.25) is 5.91 Å². The van der Waals surface area contributed by atoms with E-state index in [4.69, 9.17) is 0 Å². The van der Waals surface area contributed by atoms with E-state index >= 15 is 0 Å². The number of amides is 1. The number of rotatable bonds is 2. The number of fused-ring (bicyclic) bond motifs is 1. The molecule has 2 aliphatic heterocycles. The lowest BCUT2D eigenvalue weighted by Gasteiger charge is -2.25. The van der Waals surface area contributed by atoms with Crippen LogP contribution in [0.1, 0.15) is 41.6 Å². The Hall–Kier alpha value is -2.36. The predicted octanol–water partition coefficient (Wildman–Crippen LogP) is 2.44. The van der Waals surface area contributed by atoms with Crippen molar-refractivity contribution in [1.82, 2.24) is 9.78 Å². The summed E-state index contributed by atoms with van der Waals surface area (Å²) in [6, 6.07) is 1.51. The Morgan fingerprint density at radius 1 is 1.22 bits per heavy atom. The molecule has 0 bridgehead atoms. The third-order valence-electron chi connectivity index (χ3n) is 5.12. The van der Waals surface area contributed by atoms with Crippen LogP contribution in [0, 0.1) is 24.4 Å². The smallest absolute Gasteiger partial charge is 0.226 e. The van der Waals surface area contributed by atoms with Crippen LogP contribution in [0.2, 0.25) is 0 Å². The molecule has 0 spiro atoms. The van der Waals surface area contributed by atoms with Crippen LogP contribution in [0.3, 0.4) is 0 Å². The summed E-state index contributed by atoms with van der Waals surface area (Å²) in [6.07, 6.45) is 0.209. The lowest BCUT2D eigenvalue weighted by molar-refractivity contribution is -0.116. The van der Waals surface area contributed by atoms with Crippen LogP contribution in [0.5, 0.6) is 0 Å². The SMILES string of the molecule is Cc1nn([C@@H]2CCS(=O)(=O)C2)c2c1[C@H](c1ccc(F)c(F)c1F)CC(=O)N2. The largest absolute Gasteiger partial charge is 0.311 e. The average Bonchev–Trinajstić information content (AvgIpc) is 3.12. The van der Waals surface area contributed by atoms with Gasteiger partial charge in [0.05, 0.1) is 23.2 Å². The van der Waals surface area contributed by atoms with E-state index in [9.17, 15) is 26.4 Å². The number of benzene rings is 1. The summed E-state index contributed by atoms with van der Waals surface area (Å²) in [4.78, 5) is 12.2. The van der Waals surface area contributed by atoms with Crippen LogP contribution >= 0.6 is 0 Å². The minimum absolute atomic E-state index is 0.0283. The molecule has 1 aromatic carbocycles. The van der Waals surface area contributed by atoms with E-state index in [-0.39, 0.29) is 23.5 Å². The quantitative estimate of drug-likeness (QED) is 0.787. The Labute approximate surface area is 153 Å². The van der Waals surface area contributed by atoms with Crippen molar-refractivity contribution in [1.29, 1.82) is 0 Å². The van der Waals surface area contributed by atoms with Gasteiger partial charge in [-0.1, -0.05) is 6.07 Å². The van der Waals surface area contributed by atoms with Gasteiger partial charge in [-0.25, -0.2) is 26.3 Å². The van der Waals surface area contributed by atoms with E-state index in [1.807, 2.05) is 0 Å². The number of carbonyl (C=O) groups excluding carboxylic acids is 1. The van der Waals surface area contributed by atoms with Crippen molar-refractivity contribution < 1.29 is 26.4 Å². The fourth-order valence-corrected chi connectivity index (χ4v) is 5.57. The lowest BCUT2D eigenvalue weighted by Crippen LogP contribution is -2.27. The molecule has 1 aromatic heterocycles. The van der Waals surface area contributed by atoms with Crippen LogP contribution in [0.15, 0.2) is 12.1 Å². The van der Waals surface area contributed by atoms with Crippen molar-refractivity contribution in [3.05, 3.63) is 46.4 Å². The van der Waals surface area contributed by atoms with Crippen LogP contribution in [0.4, 0.5) is 19.0 Å². The number of anilines is 1. The van der Waals surface area contributed by atoms with Gasteiger partial charge in [-0.05, 0) is 25.0 Å². The number of sulfone groups is 1. The molecule has 10 heteroatoms. The maximum absolute atomic E-state index is 14.4. The van der Waals surface area contributed by atoms with Crippen LogP contribution in [-0.2, 0) is 14.6 Å². The van der Waals surface area contributed by atoms with Crippen molar-refractivity contribution >= 4 is 21.6 Å². The first-order chi connectivity index (χ1) is 12.7. The Morgan fingerprint density at radius 3 is 2.63 bits per heavy atom. The Kier molecular flexibility index (Phi) is 4.06. The monoisotopic (exact) mass is 399 g/mol. The molecule has 1 fully saturated rings. The normalized spacial score (nSPS) is 23.9. The fourth-order valence-electron chi connectivity index (χ4n) is 3.88. The maximum atomic E-state index is 14.4. The van der Waals surface area contributed by atoms with Crippen molar-refractivity contribution in [2.24, 2.45) is 0 Å². The molecule has 27 heavy (non-hydrogen) atoms. The van der Waals surface area contributed by atoms with E-state index in [1.54, 1.807) is 6.92 Å². The second kappa shape index (κ2) is 6.08. The molecule has 0 unspecified atom stereocenters. The summed E-state index contributed by atoms with van der Waals surface area (Å²) in [5, 5.41) is 7.04. The molecule has 4 rings (SSSR count). The summed E-state index contributed by atoms with van der Waals surface area (Å²) in [5.74, 6) is -5.28. The number of nitrogens with one attached hydrogen (secondary N) is 1. The molecule has 1 N–H and O–H groups in total. The molecule has 1 amide bonds. The van der Waals surface area contributed by atoms with E-state index in [2.05, 4.69) is 10.4 Å². The minimum atomic E-state index is -3.18. The number of nitrogens with zero attached hydrogens (tertiary/aromatic N) is 2. The fraction of sp³-hybridized carbons (Fsp3) is 0.412. The standard InChI is InChI=1S/C17H16F3N3O3S/c1-8-14-11(10-2-3-12(18)16(20)15(10)19)6-13(24)21-17(14)23(22-8)9-4-5-27(25,26)7-9/h2-3,9,11H,4-7H2,1H3,(H,21,24)/t9-,11+/m1/s1. The molecule has 6 nitrogen and oxygen atoms in total. The number of aromatic nitrogens is 2. The summed E-state index contributed by atoms with van der Waals surface area (Å²) in [5.41, 5.74) is 0.832. The first-order valence-corrected chi connectivity index (χ1v) is 10.2. The molecule has 3 heterocycles. The zero-order valence-electron chi connectivity index (χ0n) is 14.3. The molecular weight excluding hydrogens is 383 g/mol. The van der Waals surface area contributed by atoms with Crippen molar-refractivity contribution in [2.45, 2.75) is 31.7 Å². The van der Waals surface area contributed by atoms with Crippen molar-refractivity contribution in [3.8, 4) is 0 Å². The van der Waals surface area contributed by atoms with Crippen molar-refractivity contribution in [3.63, 3.8) is 0 Å². The van der Waals surface area contributed by atoms with E-state index in [0.29, 0.717) is 23.5 Å². The van der Waals surface area contributed by atoms with Crippen LogP contribution < -0.4 is 5.32 Å². The zero-order valence-corrected chi connectivity index (χ0v) is 15.1. The highest BCUT2D eigenvalue weighted by atomic mass is 32.2. The van der Waals surface area contributed by atoms with Crippen LogP contribution in [-0.4, -0.2) is 35.6 Å². The summed E-state index contributed by atoms with van der Waals surface area (Å²) in [7, 11) is -3.18.